The summed E-state index contributed by atoms with van der Waals surface area (Å²) in [5, 5.41) is 5.35. The summed E-state index contributed by atoms with van der Waals surface area (Å²) in [5.41, 5.74) is 0. The standard InChI is InChI=1S/C8H14N2S/c1-2-4-7(3-1)11-8-9-5-6-10-8/h7H,1-6H2,(H,9,10). The van der Waals surface area contributed by atoms with E-state index in [2.05, 4.69) is 10.3 Å². The van der Waals surface area contributed by atoms with E-state index in [0.29, 0.717) is 0 Å². The van der Waals surface area contributed by atoms with E-state index in [1.165, 1.54) is 30.9 Å². The second kappa shape index (κ2) is 3.48. The van der Waals surface area contributed by atoms with Crippen molar-refractivity contribution >= 4 is 16.9 Å². The molecule has 1 aliphatic carbocycles. The lowest BCUT2D eigenvalue weighted by Crippen LogP contribution is -2.17. The van der Waals surface area contributed by atoms with Gasteiger partial charge >= 0.3 is 0 Å². The lowest BCUT2D eigenvalue weighted by molar-refractivity contribution is 0.886. The minimum Gasteiger partial charge on any atom is -0.363 e. The molecular formula is C8H14N2S. The molecule has 3 heteroatoms. The second-order valence-electron chi connectivity index (χ2n) is 3.14. The topological polar surface area (TPSA) is 24.4 Å². The van der Waals surface area contributed by atoms with E-state index >= 15 is 0 Å². The number of nitrogens with zero attached hydrogens (tertiary/aromatic N) is 1. The summed E-state index contributed by atoms with van der Waals surface area (Å²) >= 11 is 1.95. The first-order valence-electron chi connectivity index (χ1n) is 4.40. The van der Waals surface area contributed by atoms with E-state index in [-0.39, 0.29) is 0 Å². The van der Waals surface area contributed by atoms with Crippen LogP contribution in [0, 0.1) is 0 Å². The molecule has 0 atom stereocenters. The Kier molecular flexibility index (Phi) is 2.36. The van der Waals surface area contributed by atoms with Crippen molar-refractivity contribution in [2.24, 2.45) is 4.99 Å². The van der Waals surface area contributed by atoms with Crippen LogP contribution >= 0.6 is 11.8 Å². The highest BCUT2D eigenvalue weighted by Gasteiger charge is 2.18. The molecule has 0 unspecified atom stereocenters. The van der Waals surface area contributed by atoms with Crippen molar-refractivity contribution in [2.45, 2.75) is 30.9 Å². The van der Waals surface area contributed by atoms with Gasteiger partial charge in [-0.2, -0.15) is 0 Å². The molecule has 0 bridgehead atoms. The van der Waals surface area contributed by atoms with Crippen LogP contribution in [0.1, 0.15) is 25.7 Å². The van der Waals surface area contributed by atoms with Crippen LogP contribution in [0.25, 0.3) is 0 Å². The Morgan fingerprint density at radius 1 is 1.36 bits per heavy atom. The van der Waals surface area contributed by atoms with Gasteiger partial charge in [0.1, 0.15) is 0 Å². The molecule has 0 saturated heterocycles. The van der Waals surface area contributed by atoms with Crippen molar-refractivity contribution in [1.29, 1.82) is 0 Å². The van der Waals surface area contributed by atoms with Gasteiger partial charge < -0.3 is 5.32 Å². The van der Waals surface area contributed by atoms with Gasteiger partial charge in [-0.25, -0.2) is 0 Å². The van der Waals surface area contributed by atoms with Gasteiger partial charge in [-0.1, -0.05) is 24.6 Å². The highest BCUT2D eigenvalue weighted by Crippen LogP contribution is 2.30. The normalized spacial score (nSPS) is 25.3. The lowest BCUT2D eigenvalue weighted by Gasteiger charge is -2.07. The number of hydrogen-bond acceptors (Lipinski definition) is 3. The number of amidine groups is 1. The molecular weight excluding hydrogens is 156 g/mol. The van der Waals surface area contributed by atoms with Crippen molar-refractivity contribution in [3.63, 3.8) is 0 Å². The fourth-order valence-corrected chi connectivity index (χ4v) is 2.86. The monoisotopic (exact) mass is 170 g/mol. The molecule has 0 amide bonds. The molecule has 0 aromatic carbocycles. The highest BCUT2D eigenvalue weighted by atomic mass is 32.2. The summed E-state index contributed by atoms with van der Waals surface area (Å²) in [6, 6.07) is 0. The average molecular weight is 170 g/mol. The Bertz CT molecular complexity index is 161. The molecule has 1 N–H and O–H groups in total. The smallest absolute Gasteiger partial charge is 0.156 e. The number of aliphatic imine (C=N–C) groups is 1. The average Bonchev–Trinajstić information content (AvgIpc) is 2.60. The van der Waals surface area contributed by atoms with Crippen molar-refractivity contribution in [3.8, 4) is 0 Å². The maximum atomic E-state index is 4.37. The van der Waals surface area contributed by atoms with E-state index < -0.39 is 0 Å². The minimum absolute atomic E-state index is 0.861. The van der Waals surface area contributed by atoms with Crippen LogP contribution in [-0.4, -0.2) is 23.5 Å². The fourth-order valence-electron chi connectivity index (χ4n) is 1.62. The largest absolute Gasteiger partial charge is 0.363 e. The van der Waals surface area contributed by atoms with Crippen molar-refractivity contribution < 1.29 is 0 Å². The Morgan fingerprint density at radius 2 is 2.18 bits per heavy atom. The molecule has 1 saturated carbocycles. The van der Waals surface area contributed by atoms with E-state index in [1.807, 2.05) is 11.8 Å². The summed E-state index contributed by atoms with van der Waals surface area (Å²) in [6.07, 6.45) is 5.63. The molecule has 1 heterocycles. The van der Waals surface area contributed by atoms with E-state index in [4.69, 9.17) is 0 Å². The van der Waals surface area contributed by atoms with Crippen LogP contribution in [-0.2, 0) is 0 Å². The van der Waals surface area contributed by atoms with Gasteiger partial charge in [0, 0.05) is 11.8 Å². The minimum atomic E-state index is 0.861. The summed E-state index contributed by atoms with van der Waals surface area (Å²) in [4.78, 5) is 4.37. The Hall–Kier alpha value is -0.180. The predicted molar refractivity (Wildman–Crippen MR) is 50.2 cm³/mol. The van der Waals surface area contributed by atoms with Crippen LogP contribution in [0.5, 0.6) is 0 Å². The van der Waals surface area contributed by atoms with Gasteiger partial charge in [0.2, 0.25) is 0 Å². The van der Waals surface area contributed by atoms with Gasteiger partial charge in [-0.15, -0.1) is 0 Å². The maximum Gasteiger partial charge on any atom is 0.156 e. The molecule has 0 radical (unpaired) electrons. The molecule has 1 fully saturated rings. The van der Waals surface area contributed by atoms with Crippen LogP contribution in [0.15, 0.2) is 4.99 Å². The quantitative estimate of drug-likeness (QED) is 0.646. The summed E-state index contributed by atoms with van der Waals surface area (Å²) in [5.74, 6) is 0. The third kappa shape index (κ3) is 1.89. The Morgan fingerprint density at radius 3 is 2.82 bits per heavy atom. The SMILES string of the molecule is C1CCC(SC2=NCCN2)C1. The van der Waals surface area contributed by atoms with E-state index in [0.717, 1.165) is 18.3 Å². The van der Waals surface area contributed by atoms with Crippen molar-refractivity contribution in [2.75, 3.05) is 13.1 Å². The van der Waals surface area contributed by atoms with Gasteiger partial charge in [-0.05, 0) is 12.8 Å². The molecule has 0 aromatic rings. The van der Waals surface area contributed by atoms with E-state index in [9.17, 15) is 0 Å². The van der Waals surface area contributed by atoms with Crippen molar-refractivity contribution in [1.82, 2.24) is 5.32 Å². The van der Waals surface area contributed by atoms with Gasteiger partial charge in [-0.3, -0.25) is 4.99 Å². The van der Waals surface area contributed by atoms with E-state index in [1.54, 1.807) is 0 Å². The zero-order valence-electron chi connectivity index (χ0n) is 6.68. The lowest BCUT2D eigenvalue weighted by atomic mass is 10.4. The first kappa shape index (κ1) is 7.47. The Labute approximate surface area is 71.9 Å². The summed E-state index contributed by atoms with van der Waals surface area (Å²) < 4.78 is 0. The zero-order valence-corrected chi connectivity index (χ0v) is 7.49. The van der Waals surface area contributed by atoms with Crippen LogP contribution in [0.3, 0.4) is 0 Å². The zero-order chi connectivity index (χ0) is 7.52. The number of thioether (sulfide) groups is 1. The maximum absolute atomic E-state index is 4.37. The molecule has 1 aliphatic heterocycles. The molecule has 2 aliphatic rings. The van der Waals surface area contributed by atoms with Crippen LogP contribution < -0.4 is 5.32 Å². The molecule has 62 valence electrons. The van der Waals surface area contributed by atoms with Crippen LogP contribution in [0.4, 0.5) is 0 Å². The molecule has 0 aromatic heterocycles. The first-order chi connectivity index (χ1) is 5.45. The van der Waals surface area contributed by atoms with Gasteiger partial charge in [0.25, 0.3) is 0 Å². The van der Waals surface area contributed by atoms with Gasteiger partial charge in [0.05, 0.1) is 6.54 Å². The number of rotatable bonds is 1. The first-order valence-corrected chi connectivity index (χ1v) is 5.28. The third-order valence-corrected chi connectivity index (χ3v) is 3.53. The third-order valence-electron chi connectivity index (χ3n) is 2.22. The van der Waals surface area contributed by atoms with Gasteiger partial charge in [0.15, 0.2) is 5.17 Å². The predicted octanol–water partition coefficient (Wildman–Crippen LogP) is 1.62. The number of nitrogens with one attached hydrogen (secondary N) is 1. The second-order valence-corrected chi connectivity index (χ2v) is 4.43. The molecule has 0 spiro atoms. The Balaban J connectivity index is 1.79. The number of hydrogen-bond donors (Lipinski definition) is 1. The summed E-state index contributed by atoms with van der Waals surface area (Å²) in [7, 11) is 0. The van der Waals surface area contributed by atoms with Crippen molar-refractivity contribution in [3.05, 3.63) is 0 Å². The molecule has 2 nitrogen and oxygen atoms in total. The fraction of sp³-hybridized carbons (Fsp3) is 0.875. The highest BCUT2D eigenvalue weighted by molar-refractivity contribution is 8.14. The molecule has 11 heavy (non-hydrogen) atoms. The van der Waals surface area contributed by atoms with Crippen LogP contribution in [0.2, 0.25) is 0 Å². The summed E-state index contributed by atoms with van der Waals surface area (Å²) in [6.45, 7) is 2.03. The molecule has 2 rings (SSSR count).